The van der Waals surface area contributed by atoms with Gasteiger partial charge in [-0.25, -0.2) is 0 Å². The smallest absolute Gasteiger partial charge is 0.163 e. The van der Waals surface area contributed by atoms with E-state index in [9.17, 15) is 0 Å². The molecule has 2 aromatic rings. The fourth-order valence-corrected chi connectivity index (χ4v) is 2.18. The van der Waals surface area contributed by atoms with Crippen molar-refractivity contribution in [2.24, 2.45) is 0 Å². The number of hydrogen-bond acceptors (Lipinski definition) is 3. The van der Waals surface area contributed by atoms with Crippen molar-refractivity contribution in [2.45, 2.75) is 12.8 Å². The molecule has 0 radical (unpaired) electrons. The zero-order chi connectivity index (χ0) is 13.8. The third-order valence-corrected chi connectivity index (χ3v) is 3.25. The van der Waals surface area contributed by atoms with Gasteiger partial charge in [-0.2, -0.15) is 0 Å². The van der Waals surface area contributed by atoms with E-state index in [2.05, 4.69) is 4.98 Å². The Labute approximate surface area is 118 Å². The highest BCUT2D eigenvalue weighted by Gasteiger charge is 2.11. The van der Waals surface area contributed by atoms with Gasteiger partial charge in [0.05, 0.1) is 19.9 Å². The van der Waals surface area contributed by atoms with Crippen molar-refractivity contribution in [3.63, 3.8) is 0 Å². The summed E-state index contributed by atoms with van der Waals surface area (Å²) in [5, 5.41) is 0. The van der Waals surface area contributed by atoms with Crippen LogP contribution in [0.3, 0.4) is 0 Å². The molecule has 0 amide bonds. The van der Waals surface area contributed by atoms with Gasteiger partial charge >= 0.3 is 0 Å². The molecule has 1 heterocycles. The standard InChI is InChI=1S/C15H16ClNO2/c1-10-6-12(8-14(18-2)15(10)19-3)13-7-11(9-16)4-5-17-13/h4-8H,9H2,1-3H3. The minimum absolute atomic E-state index is 0.474. The fourth-order valence-electron chi connectivity index (χ4n) is 2.02. The van der Waals surface area contributed by atoms with Crippen LogP contribution in [0, 0.1) is 6.92 Å². The molecular formula is C15H16ClNO2. The van der Waals surface area contributed by atoms with Crippen LogP contribution in [0.15, 0.2) is 30.5 Å². The molecule has 1 aromatic heterocycles. The number of ether oxygens (including phenoxy) is 2. The Hall–Kier alpha value is -1.74. The summed E-state index contributed by atoms with van der Waals surface area (Å²) >= 11 is 5.85. The zero-order valence-corrected chi connectivity index (χ0v) is 12.0. The first kappa shape index (κ1) is 13.7. The predicted octanol–water partition coefficient (Wildman–Crippen LogP) is 3.81. The SMILES string of the molecule is COc1cc(-c2cc(CCl)ccn2)cc(C)c1OC. The Morgan fingerprint density at radius 1 is 1.16 bits per heavy atom. The van der Waals surface area contributed by atoms with Crippen LogP contribution in [0.25, 0.3) is 11.3 Å². The highest BCUT2D eigenvalue weighted by Crippen LogP contribution is 2.35. The van der Waals surface area contributed by atoms with E-state index in [0.29, 0.717) is 11.6 Å². The lowest BCUT2D eigenvalue weighted by Crippen LogP contribution is -1.95. The second-order valence-electron chi connectivity index (χ2n) is 4.21. The van der Waals surface area contributed by atoms with Crippen LogP contribution in [0.5, 0.6) is 11.5 Å². The Bertz CT molecular complexity index is 584. The van der Waals surface area contributed by atoms with E-state index in [-0.39, 0.29) is 0 Å². The number of alkyl halides is 1. The van der Waals surface area contributed by atoms with Crippen molar-refractivity contribution in [3.8, 4) is 22.8 Å². The molecular weight excluding hydrogens is 262 g/mol. The third kappa shape index (κ3) is 2.82. The van der Waals surface area contributed by atoms with E-state index in [1.165, 1.54) is 0 Å². The molecule has 0 bridgehead atoms. The zero-order valence-electron chi connectivity index (χ0n) is 11.2. The third-order valence-electron chi connectivity index (χ3n) is 2.94. The molecule has 0 unspecified atom stereocenters. The number of nitrogens with zero attached hydrogens (tertiary/aromatic N) is 1. The summed E-state index contributed by atoms with van der Waals surface area (Å²) < 4.78 is 10.7. The molecule has 0 atom stereocenters. The first-order valence-corrected chi connectivity index (χ1v) is 6.47. The topological polar surface area (TPSA) is 31.4 Å². The minimum atomic E-state index is 0.474. The molecule has 2 rings (SSSR count). The maximum Gasteiger partial charge on any atom is 0.163 e. The molecule has 0 N–H and O–H groups in total. The van der Waals surface area contributed by atoms with Gasteiger partial charge in [0.1, 0.15) is 0 Å². The lowest BCUT2D eigenvalue weighted by molar-refractivity contribution is 0.353. The Balaban J connectivity index is 2.53. The number of hydrogen-bond donors (Lipinski definition) is 0. The van der Waals surface area contributed by atoms with Crippen molar-refractivity contribution in [3.05, 3.63) is 41.6 Å². The van der Waals surface area contributed by atoms with E-state index in [1.807, 2.05) is 31.2 Å². The van der Waals surface area contributed by atoms with E-state index < -0.39 is 0 Å². The molecule has 1 aromatic carbocycles. The number of halogens is 1. The quantitative estimate of drug-likeness (QED) is 0.796. The second kappa shape index (κ2) is 5.93. The van der Waals surface area contributed by atoms with Crippen LogP contribution in [0.1, 0.15) is 11.1 Å². The van der Waals surface area contributed by atoms with Crippen LogP contribution < -0.4 is 9.47 Å². The number of benzene rings is 1. The van der Waals surface area contributed by atoms with Crippen molar-refractivity contribution in [2.75, 3.05) is 14.2 Å². The van der Waals surface area contributed by atoms with Gasteiger partial charge in [-0.1, -0.05) is 0 Å². The lowest BCUT2D eigenvalue weighted by Gasteiger charge is -2.13. The number of aromatic nitrogens is 1. The summed E-state index contributed by atoms with van der Waals surface area (Å²) in [6.07, 6.45) is 1.76. The predicted molar refractivity (Wildman–Crippen MR) is 77.1 cm³/mol. The maximum atomic E-state index is 5.85. The average Bonchev–Trinajstić information content (AvgIpc) is 2.46. The molecule has 19 heavy (non-hydrogen) atoms. The lowest BCUT2D eigenvalue weighted by atomic mass is 10.1. The maximum absolute atomic E-state index is 5.85. The summed E-state index contributed by atoms with van der Waals surface area (Å²) in [6, 6.07) is 7.84. The van der Waals surface area contributed by atoms with Crippen molar-refractivity contribution >= 4 is 11.6 Å². The molecule has 0 aliphatic carbocycles. The van der Waals surface area contributed by atoms with Crippen LogP contribution in [0.2, 0.25) is 0 Å². The number of pyridine rings is 1. The molecule has 3 nitrogen and oxygen atoms in total. The summed E-state index contributed by atoms with van der Waals surface area (Å²) in [6.45, 7) is 1.98. The van der Waals surface area contributed by atoms with E-state index in [4.69, 9.17) is 21.1 Å². The molecule has 0 spiro atoms. The van der Waals surface area contributed by atoms with Gasteiger partial charge in [0.25, 0.3) is 0 Å². The Kier molecular flexibility index (Phi) is 4.27. The highest BCUT2D eigenvalue weighted by atomic mass is 35.5. The largest absolute Gasteiger partial charge is 0.493 e. The molecule has 0 fully saturated rings. The van der Waals surface area contributed by atoms with Gasteiger partial charge in [0, 0.05) is 17.6 Å². The van der Waals surface area contributed by atoms with Crippen molar-refractivity contribution in [1.82, 2.24) is 4.98 Å². The molecule has 0 aliphatic heterocycles. The monoisotopic (exact) mass is 277 g/mol. The number of methoxy groups -OCH3 is 2. The molecule has 100 valence electrons. The second-order valence-corrected chi connectivity index (χ2v) is 4.48. The van der Waals surface area contributed by atoms with E-state index >= 15 is 0 Å². The van der Waals surface area contributed by atoms with Crippen molar-refractivity contribution < 1.29 is 9.47 Å². The van der Waals surface area contributed by atoms with Crippen LogP contribution in [-0.2, 0) is 5.88 Å². The summed E-state index contributed by atoms with van der Waals surface area (Å²) in [7, 11) is 3.26. The number of rotatable bonds is 4. The van der Waals surface area contributed by atoms with Gasteiger partial charge in [0.2, 0.25) is 0 Å². The summed E-state index contributed by atoms with van der Waals surface area (Å²) in [5.74, 6) is 1.93. The van der Waals surface area contributed by atoms with Crippen LogP contribution >= 0.6 is 11.6 Å². The minimum Gasteiger partial charge on any atom is -0.493 e. The number of aryl methyl sites for hydroxylation is 1. The van der Waals surface area contributed by atoms with Gasteiger partial charge in [0.15, 0.2) is 11.5 Å². The molecule has 0 saturated carbocycles. The van der Waals surface area contributed by atoms with E-state index in [1.54, 1.807) is 20.4 Å². The Morgan fingerprint density at radius 2 is 1.95 bits per heavy atom. The first-order chi connectivity index (χ1) is 9.19. The molecule has 4 heteroatoms. The van der Waals surface area contributed by atoms with Crippen LogP contribution in [-0.4, -0.2) is 19.2 Å². The Morgan fingerprint density at radius 3 is 2.58 bits per heavy atom. The molecule has 0 aliphatic rings. The normalized spacial score (nSPS) is 10.3. The molecule has 0 saturated heterocycles. The van der Waals surface area contributed by atoms with Gasteiger partial charge in [-0.3, -0.25) is 4.98 Å². The van der Waals surface area contributed by atoms with E-state index in [0.717, 1.165) is 28.1 Å². The fraction of sp³-hybridized carbons (Fsp3) is 0.267. The highest BCUT2D eigenvalue weighted by molar-refractivity contribution is 6.17. The van der Waals surface area contributed by atoms with Gasteiger partial charge < -0.3 is 9.47 Å². The summed E-state index contributed by atoms with van der Waals surface area (Å²) in [4.78, 5) is 4.37. The first-order valence-electron chi connectivity index (χ1n) is 5.93. The van der Waals surface area contributed by atoms with Gasteiger partial charge in [-0.05, 0) is 42.3 Å². The van der Waals surface area contributed by atoms with Gasteiger partial charge in [-0.15, -0.1) is 11.6 Å². The van der Waals surface area contributed by atoms with Crippen molar-refractivity contribution in [1.29, 1.82) is 0 Å². The summed E-state index contributed by atoms with van der Waals surface area (Å²) in [5.41, 5.74) is 3.92. The average molecular weight is 278 g/mol. The van der Waals surface area contributed by atoms with Crippen LogP contribution in [0.4, 0.5) is 0 Å².